The lowest BCUT2D eigenvalue weighted by molar-refractivity contribution is -0.165. The number of allylic oxidation sites excluding steroid dienone is 2. The number of Topliss-reactive ketones (excluding diaryl/α,β-unsaturated/α-hetero) is 1. The van der Waals surface area contributed by atoms with Gasteiger partial charge in [-0.1, -0.05) is 38.2 Å². The van der Waals surface area contributed by atoms with Crippen LogP contribution in [-0.4, -0.2) is 121 Å². The molecule has 48 heavy (non-hydrogen) atoms. The maximum atomic E-state index is 13.4. The highest BCUT2D eigenvalue weighted by Gasteiger charge is 2.61. The van der Waals surface area contributed by atoms with Crippen LogP contribution in [0, 0.1) is 11.8 Å². The molecule has 8 unspecified atom stereocenters. The van der Waals surface area contributed by atoms with E-state index in [1.807, 2.05) is 0 Å². The number of nitrogens with one attached hydrogen (secondary N) is 1. The zero-order valence-corrected chi connectivity index (χ0v) is 28.4. The summed E-state index contributed by atoms with van der Waals surface area (Å²) in [5, 5.41) is 42.9. The number of carboxylic acids is 1. The van der Waals surface area contributed by atoms with Crippen LogP contribution in [0.2, 0.25) is 0 Å². The Morgan fingerprint density at radius 1 is 1.08 bits per heavy atom. The van der Waals surface area contributed by atoms with E-state index in [0.717, 1.165) is 14.2 Å². The fourth-order valence-electron chi connectivity index (χ4n) is 5.43. The van der Waals surface area contributed by atoms with Gasteiger partial charge in [0.25, 0.3) is 0 Å². The molecule has 1 rings (SSSR count). The molecule has 0 saturated heterocycles. The Morgan fingerprint density at radius 3 is 2.19 bits per heavy atom. The Hall–Kier alpha value is -4.09. The number of esters is 1. The van der Waals surface area contributed by atoms with E-state index in [4.69, 9.17) is 29.8 Å². The second kappa shape index (κ2) is 19.0. The fourth-order valence-corrected chi connectivity index (χ4v) is 5.43. The first kappa shape index (κ1) is 41.9. The third kappa shape index (κ3) is 10.5. The van der Waals surface area contributed by atoms with Gasteiger partial charge in [-0.2, -0.15) is 0 Å². The van der Waals surface area contributed by atoms with Crippen molar-refractivity contribution in [3.8, 4) is 0 Å². The lowest BCUT2D eigenvalue weighted by Crippen LogP contribution is -2.59. The number of nitrogens with two attached hydrogens (primary N) is 1. The van der Waals surface area contributed by atoms with Gasteiger partial charge in [0.1, 0.15) is 24.5 Å². The smallest absolute Gasteiger partial charge is 0.405 e. The molecule has 0 fully saturated rings. The minimum Gasteiger partial charge on any atom is -0.497 e. The van der Waals surface area contributed by atoms with Crippen LogP contribution in [0.15, 0.2) is 46.8 Å². The molecule has 0 heterocycles. The first-order chi connectivity index (χ1) is 22.4. The first-order valence-corrected chi connectivity index (χ1v) is 14.9. The maximum absolute atomic E-state index is 13.4. The number of aliphatic carboxylic acids is 1. The lowest BCUT2D eigenvalue weighted by Gasteiger charge is -2.29. The summed E-state index contributed by atoms with van der Waals surface area (Å²) < 4.78 is 26.3. The van der Waals surface area contributed by atoms with Crippen molar-refractivity contribution in [3.05, 3.63) is 46.8 Å². The third-order valence-electron chi connectivity index (χ3n) is 7.93. The Balaban J connectivity index is 3.28. The summed E-state index contributed by atoms with van der Waals surface area (Å²) in [6, 6.07) is -1.81. The topological polar surface area (TPSA) is 250 Å². The van der Waals surface area contributed by atoms with E-state index in [-0.39, 0.29) is 24.0 Å². The second-order valence-electron chi connectivity index (χ2n) is 11.5. The number of hydrogen-bond donors (Lipinski definition) is 6. The summed E-state index contributed by atoms with van der Waals surface area (Å²) in [4.78, 5) is 60.7. The minimum atomic E-state index is -2.68. The Labute approximate surface area is 279 Å². The van der Waals surface area contributed by atoms with Crippen molar-refractivity contribution >= 4 is 29.7 Å². The number of aliphatic hydroxyl groups excluding tert-OH is 2. The number of hydrogen-bond acceptors (Lipinski definition) is 13. The number of carbonyl (C=O) groups is 5. The van der Waals surface area contributed by atoms with Gasteiger partial charge in [-0.25, -0.2) is 14.4 Å². The van der Waals surface area contributed by atoms with Gasteiger partial charge in [-0.15, -0.1) is 0 Å². The van der Waals surface area contributed by atoms with E-state index in [2.05, 4.69) is 10.1 Å². The van der Waals surface area contributed by atoms with Crippen LogP contribution in [0.3, 0.4) is 0 Å². The van der Waals surface area contributed by atoms with E-state index < -0.39 is 90.0 Å². The number of ether oxygens (including phenoxy) is 5. The number of aliphatic hydroxyl groups is 3. The van der Waals surface area contributed by atoms with Crippen molar-refractivity contribution < 1.29 is 68.1 Å². The molecule has 0 aromatic rings. The molecule has 7 N–H and O–H groups in total. The Bertz CT molecular complexity index is 1310. The van der Waals surface area contributed by atoms with Crippen LogP contribution in [0.4, 0.5) is 4.79 Å². The van der Waals surface area contributed by atoms with E-state index in [1.54, 1.807) is 26.8 Å². The molecule has 2 amide bonds. The standard InChI is InChI=1S/C32H48N2O14/c1-16(12-20-25(38)27(34-23(36)15-35)32(43,28(20)46-7)30(41)47-8)13-22(45-6)24(37)18(3)14-19(4)26(48-31(33)42)21(44-5)11-9-10-17(2)29(39)40/h9-11,14,16,18,21-22,24,26-27,35,37,43H,12-13,15H2,1-8H3,(H2,33,42)(H,34,36)(H,39,40). The van der Waals surface area contributed by atoms with E-state index in [0.29, 0.717) is 5.57 Å². The zero-order valence-electron chi connectivity index (χ0n) is 28.4. The quantitative estimate of drug-likeness (QED) is 0.0463. The van der Waals surface area contributed by atoms with Gasteiger partial charge in [0.2, 0.25) is 11.5 Å². The third-order valence-corrected chi connectivity index (χ3v) is 7.93. The minimum absolute atomic E-state index is 0.0607. The van der Waals surface area contributed by atoms with Crippen molar-refractivity contribution in [1.82, 2.24) is 5.32 Å². The number of ketones is 1. The molecule has 0 aromatic carbocycles. The van der Waals surface area contributed by atoms with Gasteiger partial charge in [0.05, 0.1) is 26.4 Å². The Morgan fingerprint density at radius 2 is 1.71 bits per heavy atom. The van der Waals surface area contributed by atoms with Gasteiger partial charge in [0, 0.05) is 31.3 Å². The van der Waals surface area contributed by atoms with Crippen LogP contribution in [-0.2, 0) is 42.9 Å². The molecular formula is C32H48N2O14. The van der Waals surface area contributed by atoms with E-state index >= 15 is 0 Å². The highest BCUT2D eigenvalue weighted by Crippen LogP contribution is 2.39. The van der Waals surface area contributed by atoms with Crippen LogP contribution in [0.5, 0.6) is 0 Å². The highest BCUT2D eigenvalue weighted by atomic mass is 16.6. The summed E-state index contributed by atoms with van der Waals surface area (Å²) in [6.07, 6.45) is 1.13. The number of carboxylic acid groups (broad SMARTS) is 1. The Kier molecular flexibility index (Phi) is 16.6. The predicted molar refractivity (Wildman–Crippen MR) is 169 cm³/mol. The lowest BCUT2D eigenvalue weighted by atomic mass is 9.88. The van der Waals surface area contributed by atoms with E-state index in [1.165, 1.54) is 39.4 Å². The zero-order chi connectivity index (χ0) is 36.9. The van der Waals surface area contributed by atoms with Crippen LogP contribution < -0.4 is 11.1 Å². The van der Waals surface area contributed by atoms with E-state index in [9.17, 15) is 39.3 Å². The summed E-state index contributed by atoms with van der Waals surface area (Å²) >= 11 is 0. The first-order valence-electron chi connectivity index (χ1n) is 14.9. The van der Waals surface area contributed by atoms with Crippen LogP contribution >= 0.6 is 0 Å². The number of primary amides is 1. The van der Waals surface area contributed by atoms with Gasteiger partial charge in [0.15, 0.2) is 11.9 Å². The molecule has 0 radical (unpaired) electrons. The van der Waals surface area contributed by atoms with Crippen molar-refractivity contribution in [2.24, 2.45) is 17.6 Å². The molecule has 0 spiro atoms. The average Bonchev–Trinajstić information content (AvgIpc) is 3.24. The number of amides is 2. The average molecular weight is 685 g/mol. The number of rotatable bonds is 19. The van der Waals surface area contributed by atoms with Crippen molar-refractivity contribution in [2.75, 3.05) is 35.0 Å². The maximum Gasteiger partial charge on any atom is 0.405 e. The molecule has 0 aliphatic heterocycles. The molecule has 1 aliphatic carbocycles. The summed E-state index contributed by atoms with van der Waals surface area (Å²) in [6.45, 7) is 5.47. The summed E-state index contributed by atoms with van der Waals surface area (Å²) in [5.74, 6) is -5.61. The largest absolute Gasteiger partial charge is 0.497 e. The second-order valence-corrected chi connectivity index (χ2v) is 11.5. The van der Waals surface area contributed by atoms with Crippen molar-refractivity contribution in [2.45, 2.75) is 76.6 Å². The molecule has 0 aromatic heterocycles. The predicted octanol–water partition coefficient (Wildman–Crippen LogP) is 0.291. The molecule has 0 bridgehead atoms. The SMILES string of the molecule is COC(=O)C1(O)C(OC)=C(CC(C)CC(OC)C(O)C(C)C=C(C)C(OC(N)=O)C(C=CC=C(C)C(=O)O)OC)C(=O)C1NC(=O)CO. The molecular weight excluding hydrogens is 636 g/mol. The van der Waals surface area contributed by atoms with Crippen molar-refractivity contribution in [3.63, 3.8) is 0 Å². The molecule has 8 atom stereocenters. The normalized spacial score (nSPS) is 22.5. The molecule has 270 valence electrons. The van der Waals surface area contributed by atoms with Gasteiger partial charge >= 0.3 is 18.0 Å². The summed E-state index contributed by atoms with van der Waals surface area (Å²) in [5.41, 5.74) is 3.05. The van der Waals surface area contributed by atoms with Crippen LogP contribution in [0.1, 0.15) is 40.5 Å². The van der Waals surface area contributed by atoms with Gasteiger partial charge in [-0.05, 0) is 38.2 Å². The molecule has 16 nitrogen and oxygen atoms in total. The molecule has 1 aliphatic rings. The molecule has 16 heteroatoms. The number of methoxy groups -OCH3 is 4. The monoisotopic (exact) mass is 684 g/mol. The van der Waals surface area contributed by atoms with Crippen LogP contribution in [0.25, 0.3) is 0 Å². The highest BCUT2D eigenvalue weighted by molar-refractivity contribution is 6.11. The van der Waals surface area contributed by atoms with Gasteiger partial charge < -0.3 is 55.2 Å². The van der Waals surface area contributed by atoms with Gasteiger partial charge in [-0.3, -0.25) is 9.59 Å². The molecule has 0 saturated carbocycles. The fraction of sp³-hybridized carbons (Fsp3) is 0.594. The van der Waals surface area contributed by atoms with Crippen molar-refractivity contribution in [1.29, 1.82) is 0 Å². The summed E-state index contributed by atoms with van der Waals surface area (Å²) in [7, 11) is 4.88. The number of carbonyl (C=O) groups excluding carboxylic acids is 4.